The lowest BCUT2D eigenvalue weighted by atomic mass is 9.74. The van der Waals surface area contributed by atoms with Crippen molar-refractivity contribution in [1.82, 2.24) is 9.88 Å². The molecule has 7 heteroatoms. The van der Waals surface area contributed by atoms with Gasteiger partial charge in [-0.15, -0.1) is 0 Å². The van der Waals surface area contributed by atoms with Gasteiger partial charge in [-0.1, -0.05) is 24.9 Å². The van der Waals surface area contributed by atoms with Crippen molar-refractivity contribution in [1.29, 1.82) is 0 Å². The first-order valence-corrected chi connectivity index (χ1v) is 8.66. The number of hydrogen-bond donors (Lipinski definition) is 2. The normalized spacial score (nSPS) is 27.6. The van der Waals surface area contributed by atoms with Crippen molar-refractivity contribution < 1.29 is 12.9 Å². The zero-order chi connectivity index (χ0) is 14.8. The van der Waals surface area contributed by atoms with Crippen molar-refractivity contribution in [2.24, 2.45) is 11.7 Å². The monoisotopic (exact) mass is 301 g/mol. The predicted octanol–water partition coefficient (Wildman–Crippen LogP) is 1.31. The summed E-state index contributed by atoms with van der Waals surface area (Å²) in [4.78, 5) is 0. The molecule has 0 spiro atoms. The Hall–Kier alpha value is -0.920. The highest BCUT2D eigenvalue weighted by Crippen LogP contribution is 2.33. The predicted molar refractivity (Wildman–Crippen MR) is 76.4 cm³/mol. The summed E-state index contributed by atoms with van der Waals surface area (Å²) in [5, 5.41) is 3.74. The van der Waals surface area contributed by atoms with Gasteiger partial charge < -0.3 is 10.3 Å². The van der Waals surface area contributed by atoms with Gasteiger partial charge >= 0.3 is 0 Å². The average molecular weight is 301 g/mol. The van der Waals surface area contributed by atoms with E-state index in [1.807, 2.05) is 0 Å². The number of rotatable bonds is 5. The Kier molecular flexibility index (Phi) is 4.51. The smallest absolute Gasteiger partial charge is 0.218 e. The molecule has 2 atom stereocenters. The molecule has 2 rings (SSSR count). The Morgan fingerprint density at radius 2 is 2.30 bits per heavy atom. The third-order valence-electron chi connectivity index (χ3n) is 4.19. The highest BCUT2D eigenvalue weighted by Gasteiger charge is 2.40. The molecule has 1 aromatic heterocycles. The van der Waals surface area contributed by atoms with E-state index in [2.05, 4.69) is 16.8 Å². The molecule has 114 valence electrons. The lowest BCUT2D eigenvalue weighted by molar-refractivity contribution is 0.191. The van der Waals surface area contributed by atoms with Crippen LogP contribution in [0, 0.1) is 12.8 Å². The van der Waals surface area contributed by atoms with E-state index in [1.165, 1.54) is 0 Å². The van der Waals surface area contributed by atoms with Crippen LogP contribution in [-0.2, 0) is 15.8 Å². The highest BCUT2D eigenvalue weighted by molar-refractivity contribution is 7.88. The van der Waals surface area contributed by atoms with Crippen molar-refractivity contribution in [3.05, 3.63) is 17.5 Å². The van der Waals surface area contributed by atoms with E-state index in [4.69, 9.17) is 10.3 Å². The van der Waals surface area contributed by atoms with Crippen LogP contribution in [0.1, 0.15) is 44.1 Å². The molecule has 0 bridgehead atoms. The van der Waals surface area contributed by atoms with Crippen molar-refractivity contribution in [2.45, 2.75) is 50.8 Å². The summed E-state index contributed by atoms with van der Waals surface area (Å²) in [7, 11) is -3.48. The molecule has 6 nitrogen and oxygen atoms in total. The quantitative estimate of drug-likeness (QED) is 0.854. The van der Waals surface area contributed by atoms with Crippen LogP contribution in [0.4, 0.5) is 0 Å². The number of nitrogens with two attached hydrogens (primary N) is 1. The average Bonchev–Trinajstić information content (AvgIpc) is 2.76. The van der Waals surface area contributed by atoms with E-state index in [9.17, 15) is 8.42 Å². The first-order chi connectivity index (χ1) is 9.37. The van der Waals surface area contributed by atoms with Crippen LogP contribution in [0.5, 0.6) is 0 Å². The van der Waals surface area contributed by atoms with Crippen molar-refractivity contribution in [2.75, 3.05) is 6.54 Å². The minimum Gasteiger partial charge on any atom is -0.361 e. The number of aromatic nitrogens is 1. The molecular weight excluding hydrogens is 278 g/mol. The Morgan fingerprint density at radius 1 is 1.55 bits per heavy atom. The van der Waals surface area contributed by atoms with Gasteiger partial charge in [-0.25, -0.2) is 13.1 Å². The van der Waals surface area contributed by atoms with Gasteiger partial charge in [0.05, 0.1) is 0 Å². The molecule has 3 N–H and O–H groups in total. The number of hydrogen-bond acceptors (Lipinski definition) is 5. The number of aryl methyl sites for hydroxylation is 1. The van der Waals surface area contributed by atoms with Crippen LogP contribution in [0.2, 0.25) is 0 Å². The molecule has 0 aromatic carbocycles. The van der Waals surface area contributed by atoms with Gasteiger partial charge in [-0.2, -0.15) is 0 Å². The molecule has 1 fully saturated rings. The maximum Gasteiger partial charge on any atom is 0.218 e. The highest BCUT2D eigenvalue weighted by atomic mass is 32.2. The first kappa shape index (κ1) is 15.5. The second kappa shape index (κ2) is 5.83. The summed E-state index contributed by atoms with van der Waals surface area (Å²) in [6.07, 6.45) is 3.94. The first-order valence-electron chi connectivity index (χ1n) is 7.01. The van der Waals surface area contributed by atoms with Crippen LogP contribution in [0.25, 0.3) is 0 Å². The summed E-state index contributed by atoms with van der Waals surface area (Å²) >= 11 is 0. The molecule has 1 aliphatic carbocycles. The molecule has 0 radical (unpaired) electrons. The van der Waals surface area contributed by atoms with Gasteiger partial charge in [-0.05, 0) is 25.7 Å². The van der Waals surface area contributed by atoms with Gasteiger partial charge in [0, 0.05) is 18.2 Å². The van der Waals surface area contributed by atoms with Gasteiger partial charge in [0.1, 0.15) is 17.2 Å². The van der Waals surface area contributed by atoms with Crippen LogP contribution < -0.4 is 10.5 Å². The largest absolute Gasteiger partial charge is 0.361 e. The Morgan fingerprint density at radius 3 is 2.85 bits per heavy atom. The van der Waals surface area contributed by atoms with Gasteiger partial charge in [-0.3, -0.25) is 0 Å². The van der Waals surface area contributed by atoms with Crippen molar-refractivity contribution in [3.8, 4) is 0 Å². The maximum atomic E-state index is 12.3. The number of nitrogens with one attached hydrogen (secondary N) is 1. The molecule has 20 heavy (non-hydrogen) atoms. The molecule has 2 unspecified atom stereocenters. The minimum atomic E-state index is -3.48. The lowest BCUT2D eigenvalue weighted by Crippen LogP contribution is -2.59. The third kappa shape index (κ3) is 3.39. The fraction of sp³-hybridized carbons (Fsp3) is 0.769. The second-order valence-electron chi connectivity index (χ2n) is 5.80. The van der Waals surface area contributed by atoms with Gasteiger partial charge in [0.15, 0.2) is 0 Å². The van der Waals surface area contributed by atoms with Crippen LogP contribution in [-0.4, -0.2) is 25.7 Å². The fourth-order valence-electron chi connectivity index (χ4n) is 2.94. The van der Waals surface area contributed by atoms with Crippen molar-refractivity contribution in [3.63, 3.8) is 0 Å². The Balaban J connectivity index is 2.13. The SMILES string of the molecule is Cc1cc(CS(=O)(=O)NC2(CN)CCCCC2C)no1. The fourth-order valence-corrected chi connectivity index (χ4v) is 4.54. The molecule has 1 aromatic rings. The van der Waals surface area contributed by atoms with E-state index >= 15 is 0 Å². The summed E-state index contributed by atoms with van der Waals surface area (Å²) in [5.74, 6) is 0.684. The van der Waals surface area contributed by atoms with Gasteiger partial charge in [0.2, 0.25) is 10.0 Å². The third-order valence-corrected chi connectivity index (χ3v) is 5.58. The zero-order valence-electron chi connectivity index (χ0n) is 12.1. The molecule has 0 amide bonds. The summed E-state index contributed by atoms with van der Waals surface area (Å²) in [6.45, 7) is 4.13. The van der Waals surface area contributed by atoms with E-state index < -0.39 is 15.6 Å². The topological polar surface area (TPSA) is 98.2 Å². The van der Waals surface area contributed by atoms with Crippen LogP contribution in [0.15, 0.2) is 10.6 Å². The van der Waals surface area contributed by atoms with Crippen LogP contribution in [0.3, 0.4) is 0 Å². The Bertz CT molecular complexity index is 555. The molecule has 1 saturated carbocycles. The van der Waals surface area contributed by atoms with E-state index in [1.54, 1.807) is 13.0 Å². The van der Waals surface area contributed by atoms with Gasteiger partial charge in [0.25, 0.3) is 0 Å². The maximum absolute atomic E-state index is 12.3. The van der Waals surface area contributed by atoms with Crippen molar-refractivity contribution >= 4 is 10.0 Å². The van der Waals surface area contributed by atoms with E-state index in [0.717, 1.165) is 25.7 Å². The summed E-state index contributed by atoms with van der Waals surface area (Å²) in [5.41, 5.74) is 5.78. The summed E-state index contributed by atoms with van der Waals surface area (Å²) in [6, 6.07) is 1.64. The standard InChI is InChI=1S/C13H23N3O3S/c1-10-5-3-4-6-13(10,9-14)16-20(17,18)8-12-7-11(2)19-15-12/h7,10,16H,3-6,8-9,14H2,1-2H3. The molecule has 1 heterocycles. The van der Waals surface area contributed by atoms with E-state index in [0.29, 0.717) is 18.0 Å². The summed E-state index contributed by atoms with van der Waals surface area (Å²) < 4.78 is 32.4. The number of nitrogens with zero attached hydrogens (tertiary/aromatic N) is 1. The van der Waals surface area contributed by atoms with E-state index in [-0.39, 0.29) is 11.7 Å². The lowest BCUT2D eigenvalue weighted by Gasteiger charge is -2.42. The zero-order valence-corrected chi connectivity index (χ0v) is 12.9. The molecule has 1 aliphatic rings. The minimum absolute atomic E-state index is 0.168. The molecule has 0 aliphatic heterocycles. The molecule has 0 saturated heterocycles. The second-order valence-corrected chi connectivity index (χ2v) is 7.52. The number of sulfonamides is 1. The molecular formula is C13H23N3O3S. The Labute approximate surface area is 120 Å². The van der Waals surface area contributed by atoms with Crippen LogP contribution >= 0.6 is 0 Å².